The van der Waals surface area contributed by atoms with Crippen molar-refractivity contribution < 1.29 is 0 Å². The van der Waals surface area contributed by atoms with E-state index in [0.29, 0.717) is 6.54 Å². The minimum absolute atomic E-state index is 0.216. The maximum Gasteiger partial charge on any atom is 0.00160 e. The summed E-state index contributed by atoms with van der Waals surface area (Å²) in [7, 11) is 0. The summed E-state index contributed by atoms with van der Waals surface area (Å²) < 4.78 is 0. The van der Waals surface area contributed by atoms with Gasteiger partial charge in [-0.05, 0) is 25.3 Å². The predicted molar refractivity (Wildman–Crippen MR) is 41.1 cm³/mol. The standard InChI is InChI=1S/C7H18N2/c1-6(9)4-7(2,3)5-8/h6H,4-5,8-9H2,1-3H3. The summed E-state index contributed by atoms with van der Waals surface area (Å²) >= 11 is 0. The third-order valence-electron chi connectivity index (χ3n) is 1.43. The summed E-state index contributed by atoms with van der Waals surface area (Å²) in [6.45, 7) is 7.00. The van der Waals surface area contributed by atoms with E-state index in [9.17, 15) is 0 Å². The molecule has 9 heavy (non-hydrogen) atoms. The van der Waals surface area contributed by atoms with Crippen LogP contribution in [0.5, 0.6) is 0 Å². The van der Waals surface area contributed by atoms with Crippen molar-refractivity contribution in [3.8, 4) is 0 Å². The molecular weight excluding hydrogens is 112 g/mol. The van der Waals surface area contributed by atoms with E-state index in [1.165, 1.54) is 0 Å². The second kappa shape index (κ2) is 3.18. The van der Waals surface area contributed by atoms with Gasteiger partial charge in [-0.25, -0.2) is 0 Å². The molecule has 0 amide bonds. The fraction of sp³-hybridized carbons (Fsp3) is 1.00. The maximum absolute atomic E-state index is 5.60. The topological polar surface area (TPSA) is 52.0 Å². The van der Waals surface area contributed by atoms with Gasteiger partial charge in [-0.3, -0.25) is 0 Å². The molecule has 0 aromatic heterocycles. The molecule has 0 spiro atoms. The van der Waals surface area contributed by atoms with Gasteiger partial charge in [-0.1, -0.05) is 13.8 Å². The van der Waals surface area contributed by atoms with Gasteiger partial charge in [0.15, 0.2) is 0 Å². The fourth-order valence-corrected chi connectivity index (χ4v) is 0.955. The molecule has 1 unspecified atom stereocenters. The van der Waals surface area contributed by atoms with Crippen LogP contribution in [-0.4, -0.2) is 12.6 Å². The van der Waals surface area contributed by atoms with E-state index in [2.05, 4.69) is 13.8 Å². The van der Waals surface area contributed by atoms with Gasteiger partial charge in [0.05, 0.1) is 0 Å². The second-order valence-corrected chi connectivity index (χ2v) is 3.55. The van der Waals surface area contributed by atoms with Crippen molar-refractivity contribution >= 4 is 0 Å². The molecule has 0 aliphatic carbocycles. The first-order valence-electron chi connectivity index (χ1n) is 3.43. The number of nitrogens with two attached hydrogens (primary N) is 2. The van der Waals surface area contributed by atoms with Gasteiger partial charge in [0.1, 0.15) is 0 Å². The Kier molecular flexibility index (Phi) is 3.15. The number of hydrogen-bond donors (Lipinski definition) is 2. The molecule has 0 aliphatic rings. The Morgan fingerprint density at radius 1 is 1.44 bits per heavy atom. The SMILES string of the molecule is CC(N)CC(C)(C)CN. The lowest BCUT2D eigenvalue weighted by Crippen LogP contribution is -2.30. The van der Waals surface area contributed by atoms with E-state index in [1.807, 2.05) is 6.92 Å². The largest absolute Gasteiger partial charge is 0.330 e. The fourth-order valence-electron chi connectivity index (χ4n) is 0.955. The van der Waals surface area contributed by atoms with Crippen LogP contribution >= 0.6 is 0 Å². The molecule has 0 rings (SSSR count). The lowest BCUT2D eigenvalue weighted by atomic mass is 9.87. The third kappa shape index (κ3) is 4.43. The molecule has 1 atom stereocenters. The van der Waals surface area contributed by atoms with Crippen LogP contribution in [0.2, 0.25) is 0 Å². The highest BCUT2D eigenvalue weighted by atomic mass is 14.6. The third-order valence-corrected chi connectivity index (χ3v) is 1.43. The van der Waals surface area contributed by atoms with Crippen molar-refractivity contribution in [3.63, 3.8) is 0 Å². The van der Waals surface area contributed by atoms with E-state index >= 15 is 0 Å². The van der Waals surface area contributed by atoms with Gasteiger partial charge in [0, 0.05) is 6.04 Å². The van der Waals surface area contributed by atoms with E-state index in [1.54, 1.807) is 0 Å². The summed E-state index contributed by atoms with van der Waals surface area (Å²) in [6.07, 6.45) is 1.00. The summed E-state index contributed by atoms with van der Waals surface area (Å²) in [5.41, 5.74) is 11.3. The highest BCUT2D eigenvalue weighted by molar-refractivity contribution is 4.73. The van der Waals surface area contributed by atoms with Gasteiger partial charge in [0.25, 0.3) is 0 Å². The Bertz CT molecular complexity index is 77.0. The van der Waals surface area contributed by atoms with Gasteiger partial charge < -0.3 is 11.5 Å². The zero-order valence-electron chi connectivity index (χ0n) is 6.65. The number of rotatable bonds is 3. The normalized spacial score (nSPS) is 15.7. The lowest BCUT2D eigenvalue weighted by molar-refractivity contribution is 0.323. The predicted octanol–water partition coefficient (Wildman–Crippen LogP) is 0.709. The second-order valence-electron chi connectivity index (χ2n) is 3.55. The molecule has 4 N–H and O–H groups in total. The molecule has 0 saturated heterocycles. The monoisotopic (exact) mass is 130 g/mol. The molecular formula is C7H18N2. The Morgan fingerprint density at radius 2 is 1.89 bits per heavy atom. The van der Waals surface area contributed by atoms with Gasteiger partial charge in [-0.15, -0.1) is 0 Å². The van der Waals surface area contributed by atoms with Crippen molar-refractivity contribution in [2.24, 2.45) is 16.9 Å². The van der Waals surface area contributed by atoms with Crippen molar-refractivity contribution in [1.82, 2.24) is 0 Å². The molecule has 0 radical (unpaired) electrons. The van der Waals surface area contributed by atoms with E-state index < -0.39 is 0 Å². The van der Waals surface area contributed by atoms with Crippen LogP contribution in [0, 0.1) is 5.41 Å². The average Bonchev–Trinajstić information content (AvgIpc) is 1.63. The molecule has 0 aromatic carbocycles. The van der Waals surface area contributed by atoms with Crippen molar-refractivity contribution in [3.05, 3.63) is 0 Å². The van der Waals surface area contributed by atoms with Crippen LogP contribution in [0.4, 0.5) is 0 Å². The van der Waals surface area contributed by atoms with Crippen molar-refractivity contribution in [2.45, 2.75) is 33.2 Å². The number of hydrogen-bond acceptors (Lipinski definition) is 2. The summed E-state index contributed by atoms with van der Waals surface area (Å²) in [5, 5.41) is 0. The highest BCUT2D eigenvalue weighted by Crippen LogP contribution is 2.18. The van der Waals surface area contributed by atoms with Gasteiger partial charge in [-0.2, -0.15) is 0 Å². The first-order chi connectivity index (χ1) is 3.98. The van der Waals surface area contributed by atoms with Crippen LogP contribution < -0.4 is 11.5 Å². The Balaban J connectivity index is 3.58. The van der Waals surface area contributed by atoms with E-state index in [4.69, 9.17) is 11.5 Å². The van der Waals surface area contributed by atoms with Gasteiger partial charge >= 0.3 is 0 Å². The van der Waals surface area contributed by atoms with Crippen molar-refractivity contribution in [1.29, 1.82) is 0 Å². The Morgan fingerprint density at radius 3 is 2.00 bits per heavy atom. The van der Waals surface area contributed by atoms with Crippen LogP contribution in [-0.2, 0) is 0 Å². The summed E-state index contributed by atoms with van der Waals surface area (Å²) in [4.78, 5) is 0. The maximum atomic E-state index is 5.60. The highest BCUT2D eigenvalue weighted by Gasteiger charge is 2.16. The first-order valence-corrected chi connectivity index (χ1v) is 3.43. The quantitative estimate of drug-likeness (QED) is 0.591. The summed E-state index contributed by atoms with van der Waals surface area (Å²) in [5.74, 6) is 0. The van der Waals surface area contributed by atoms with E-state index in [-0.39, 0.29) is 11.5 Å². The Hall–Kier alpha value is -0.0800. The zero-order chi connectivity index (χ0) is 7.49. The molecule has 56 valence electrons. The molecule has 0 aromatic rings. The first kappa shape index (κ1) is 8.92. The summed E-state index contributed by atoms with van der Waals surface area (Å²) in [6, 6.07) is 0.267. The lowest BCUT2D eigenvalue weighted by Gasteiger charge is -2.23. The Labute approximate surface area is 57.6 Å². The molecule has 0 fully saturated rings. The van der Waals surface area contributed by atoms with Crippen LogP contribution in [0.3, 0.4) is 0 Å². The molecule has 2 heteroatoms. The smallest absolute Gasteiger partial charge is 0.00160 e. The minimum Gasteiger partial charge on any atom is -0.330 e. The average molecular weight is 130 g/mol. The molecule has 0 aliphatic heterocycles. The molecule has 0 saturated carbocycles. The van der Waals surface area contributed by atoms with Crippen LogP contribution in [0.1, 0.15) is 27.2 Å². The zero-order valence-corrected chi connectivity index (χ0v) is 6.65. The molecule has 2 nitrogen and oxygen atoms in total. The van der Waals surface area contributed by atoms with E-state index in [0.717, 1.165) is 6.42 Å². The molecule has 0 heterocycles. The molecule has 0 bridgehead atoms. The van der Waals surface area contributed by atoms with Crippen LogP contribution in [0.25, 0.3) is 0 Å². The van der Waals surface area contributed by atoms with Gasteiger partial charge in [0.2, 0.25) is 0 Å². The van der Waals surface area contributed by atoms with Crippen molar-refractivity contribution in [2.75, 3.05) is 6.54 Å². The van der Waals surface area contributed by atoms with Crippen LogP contribution in [0.15, 0.2) is 0 Å². The minimum atomic E-state index is 0.216.